The molecule has 5 heteroatoms. The molecule has 1 amide bonds. The molecule has 0 unspecified atom stereocenters. The first kappa shape index (κ1) is 15.5. The summed E-state index contributed by atoms with van der Waals surface area (Å²) in [4.78, 5) is 17.8. The lowest BCUT2D eigenvalue weighted by Crippen LogP contribution is -2.33. The predicted octanol–water partition coefficient (Wildman–Crippen LogP) is 2.96. The second-order valence-electron chi connectivity index (χ2n) is 4.78. The Hall–Kier alpha value is -1.88. The monoisotopic (exact) mass is 347 g/mol. The SMILES string of the molecule is CN(CCc1ccncc1)C(=O)CNc1ccc(Br)cc1. The number of pyridine rings is 1. The molecule has 0 spiro atoms. The van der Waals surface area contributed by atoms with Crippen LogP contribution in [0.15, 0.2) is 53.3 Å². The Morgan fingerprint density at radius 3 is 2.52 bits per heavy atom. The van der Waals surface area contributed by atoms with Gasteiger partial charge in [-0.2, -0.15) is 0 Å². The summed E-state index contributed by atoms with van der Waals surface area (Å²) in [6.07, 6.45) is 4.38. The number of hydrogen-bond donors (Lipinski definition) is 1. The van der Waals surface area contributed by atoms with E-state index in [2.05, 4.69) is 26.2 Å². The normalized spacial score (nSPS) is 10.2. The first-order chi connectivity index (χ1) is 10.1. The number of nitrogens with one attached hydrogen (secondary N) is 1. The molecule has 21 heavy (non-hydrogen) atoms. The number of halogens is 1. The van der Waals surface area contributed by atoms with E-state index in [1.807, 2.05) is 43.4 Å². The zero-order valence-electron chi connectivity index (χ0n) is 11.9. The Kier molecular flexibility index (Phi) is 5.75. The van der Waals surface area contributed by atoms with Gasteiger partial charge in [-0.05, 0) is 48.4 Å². The lowest BCUT2D eigenvalue weighted by Gasteiger charge is -2.18. The van der Waals surface area contributed by atoms with Crippen LogP contribution in [0.2, 0.25) is 0 Å². The fourth-order valence-corrected chi connectivity index (χ4v) is 2.12. The molecule has 1 aromatic carbocycles. The number of benzene rings is 1. The van der Waals surface area contributed by atoms with Gasteiger partial charge in [0.1, 0.15) is 0 Å². The Morgan fingerprint density at radius 1 is 1.19 bits per heavy atom. The highest BCUT2D eigenvalue weighted by Crippen LogP contribution is 2.13. The van der Waals surface area contributed by atoms with Gasteiger partial charge in [-0.15, -0.1) is 0 Å². The maximum absolute atomic E-state index is 12.0. The zero-order valence-corrected chi connectivity index (χ0v) is 13.5. The van der Waals surface area contributed by atoms with Gasteiger partial charge in [-0.25, -0.2) is 0 Å². The van der Waals surface area contributed by atoms with Gasteiger partial charge >= 0.3 is 0 Å². The largest absolute Gasteiger partial charge is 0.376 e. The lowest BCUT2D eigenvalue weighted by molar-refractivity contribution is -0.127. The second-order valence-corrected chi connectivity index (χ2v) is 5.70. The number of carbonyl (C=O) groups excluding carboxylic acids is 1. The predicted molar refractivity (Wildman–Crippen MR) is 88.2 cm³/mol. The molecule has 1 aromatic heterocycles. The molecule has 0 fully saturated rings. The van der Waals surface area contributed by atoms with Crippen molar-refractivity contribution in [2.75, 3.05) is 25.5 Å². The van der Waals surface area contributed by atoms with Crippen LogP contribution in [0.1, 0.15) is 5.56 Å². The third kappa shape index (κ3) is 5.19. The molecule has 1 heterocycles. The van der Waals surface area contributed by atoms with Gasteiger partial charge in [-0.3, -0.25) is 9.78 Å². The molecule has 0 aliphatic carbocycles. The van der Waals surface area contributed by atoms with Crippen molar-refractivity contribution in [3.05, 3.63) is 58.8 Å². The van der Waals surface area contributed by atoms with Crippen molar-refractivity contribution >= 4 is 27.5 Å². The minimum Gasteiger partial charge on any atom is -0.376 e. The van der Waals surface area contributed by atoms with E-state index in [0.29, 0.717) is 13.1 Å². The molecule has 0 aliphatic rings. The van der Waals surface area contributed by atoms with Gasteiger partial charge < -0.3 is 10.2 Å². The number of likely N-dealkylation sites (N-methyl/N-ethyl adjacent to an activating group) is 1. The van der Waals surface area contributed by atoms with Crippen LogP contribution in [0.3, 0.4) is 0 Å². The van der Waals surface area contributed by atoms with E-state index >= 15 is 0 Å². The van der Waals surface area contributed by atoms with Crippen LogP contribution in [-0.4, -0.2) is 35.9 Å². The minimum absolute atomic E-state index is 0.0759. The lowest BCUT2D eigenvalue weighted by atomic mass is 10.2. The Morgan fingerprint density at radius 2 is 1.86 bits per heavy atom. The van der Waals surface area contributed by atoms with Crippen LogP contribution >= 0.6 is 15.9 Å². The highest BCUT2D eigenvalue weighted by atomic mass is 79.9. The quantitative estimate of drug-likeness (QED) is 0.873. The van der Waals surface area contributed by atoms with E-state index in [1.54, 1.807) is 17.3 Å². The molecule has 0 saturated heterocycles. The number of anilines is 1. The first-order valence-electron chi connectivity index (χ1n) is 6.77. The Labute approximate surface area is 133 Å². The third-order valence-electron chi connectivity index (χ3n) is 3.20. The average molecular weight is 348 g/mol. The molecule has 0 radical (unpaired) electrons. The van der Waals surface area contributed by atoms with Crippen molar-refractivity contribution < 1.29 is 4.79 Å². The summed E-state index contributed by atoms with van der Waals surface area (Å²) in [6, 6.07) is 11.7. The number of carbonyl (C=O) groups is 1. The van der Waals surface area contributed by atoms with Crippen molar-refractivity contribution in [3.8, 4) is 0 Å². The van der Waals surface area contributed by atoms with E-state index in [1.165, 1.54) is 5.56 Å². The number of rotatable bonds is 6. The third-order valence-corrected chi connectivity index (χ3v) is 3.73. The van der Waals surface area contributed by atoms with Crippen LogP contribution < -0.4 is 5.32 Å². The molecule has 0 atom stereocenters. The van der Waals surface area contributed by atoms with Crippen molar-refractivity contribution in [1.82, 2.24) is 9.88 Å². The molecule has 110 valence electrons. The molecule has 0 bridgehead atoms. The molecule has 0 saturated carbocycles. The fraction of sp³-hybridized carbons (Fsp3) is 0.250. The van der Waals surface area contributed by atoms with Gasteiger partial charge in [0.15, 0.2) is 0 Å². The van der Waals surface area contributed by atoms with Gasteiger partial charge in [-0.1, -0.05) is 15.9 Å². The topological polar surface area (TPSA) is 45.2 Å². The van der Waals surface area contributed by atoms with Gasteiger partial charge in [0, 0.05) is 36.1 Å². The van der Waals surface area contributed by atoms with E-state index in [4.69, 9.17) is 0 Å². The summed E-state index contributed by atoms with van der Waals surface area (Å²) in [6.45, 7) is 0.999. The number of nitrogens with zero attached hydrogens (tertiary/aromatic N) is 2. The summed E-state index contributed by atoms with van der Waals surface area (Å²) in [5.41, 5.74) is 2.12. The number of aromatic nitrogens is 1. The molecule has 4 nitrogen and oxygen atoms in total. The zero-order chi connectivity index (χ0) is 15.1. The van der Waals surface area contributed by atoms with E-state index in [0.717, 1.165) is 16.6 Å². The van der Waals surface area contributed by atoms with Crippen LogP contribution in [0.25, 0.3) is 0 Å². The molecule has 0 aliphatic heterocycles. The highest BCUT2D eigenvalue weighted by Gasteiger charge is 2.08. The van der Waals surface area contributed by atoms with E-state index in [9.17, 15) is 4.79 Å². The van der Waals surface area contributed by atoms with Crippen LogP contribution in [0, 0.1) is 0 Å². The van der Waals surface area contributed by atoms with Gasteiger partial charge in [0.05, 0.1) is 6.54 Å². The molecule has 1 N–H and O–H groups in total. The summed E-state index contributed by atoms with van der Waals surface area (Å²) in [7, 11) is 1.83. The smallest absolute Gasteiger partial charge is 0.241 e. The van der Waals surface area contributed by atoms with Crippen molar-refractivity contribution in [1.29, 1.82) is 0 Å². The summed E-state index contributed by atoms with van der Waals surface area (Å²) in [5, 5.41) is 3.13. The van der Waals surface area contributed by atoms with Crippen molar-refractivity contribution in [2.45, 2.75) is 6.42 Å². The fourth-order valence-electron chi connectivity index (χ4n) is 1.85. The summed E-state index contributed by atoms with van der Waals surface area (Å²) < 4.78 is 1.02. The Bertz CT molecular complexity index is 572. The van der Waals surface area contributed by atoms with Gasteiger partial charge in [0.2, 0.25) is 5.91 Å². The first-order valence-corrected chi connectivity index (χ1v) is 7.57. The maximum Gasteiger partial charge on any atom is 0.241 e. The second kappa shape index (κ2) is 7.78. The van der Waals surface area contributed by atoms with E-state index in [-0.39, 0.29) is 5.91 Å². The molecular formula is C16H18BrN3O. The average Bonchev–Trinajstić information content (AvgIpc) is 2.52. The Balaban J connectivity index is 1.76. The van der Waals surface area contributed by atoms with E-state index < -0.39 is 0 Å². The number of amides is 1. The van der Waals surface area contributed by atoms with Gasteiger partial charge in [0.25, 0.3) is 0 Å². The number of hydrogen-bond acceptors (Lipinski definition) is 3. The summed E-state index contributed by atoms with van der Waals surface area (Å²) in [5.74, 6) is 0.0759. The van der Waals surface area contributed by atoms with Crippen LogP contribution in [-0.2, 0) is 11.2 Å². The molecular weight excluding hydrogens is 330 g/mol. The maximum atomic E-state index is 12.0. The standard InChI is InChI=1S/C16H18BrN3O/c1-20(11-8-13-6-9-18-10-7-13)16(21)12-19-15-4-2-14(17)3-5-15/h2-7,9-10,19H,8,11-12H2,1H3. The van der Waals surface area contributed by atoms with Crippen LogP contribution in [0.4, 0.5) is 5.69 Å². The summed E-state index contributed by atoms with van der Waals surface area (Å²) >= 11 is 3.38. The molecule has 2 rings (SSSR count). The van der Waals surface area contributed by atoms with Crippen molar-refractivity contribution in [3.63, 3.8) is 0 Å². The van der Waals surface area contributed by atoms with Crippen LogP contribution in [0.5, 0.6) is 0 Å². The highest BCUT2D eigenvalue weighted by molar-refractivity contribution is 9.10. The molecule has 2 aromatic rings. The minimum atomic E-state index is 0.0759. The van der Waals surface area contributed by atoms with Crippen molar-refractivity contribution in [2.24, 2.45) is 0 Å².